The molecule has 2 fully saturated rings. The van der Waals surface area contributed by atoms with Crippen LogP contribution in [0.25, 0.3) is 9.40 Å². The van der Waals surface area contributed by atoms with E-state index in [2.05, 4.69) is 5.32 Å². The summed E-state index contributed by atoms with van der Waals surface area (Å²) in [7, 11) is 0. The minimum atomic E-state index is -0.436. The summed E-state index contributed by atoms with van der Waals surface area (Å²) >= 11 is 3.18. The minimum Gasteiger partial charge on any atom is -0.392 e. The first-order valence-electron chi connectivity index (χ1n) is 8.08. The van der Waals surface area contributed by atoms with Crippen LogP contribution >= 0.6 is 35.1 Å². The van der Waals surface area contributed by atoms with Gasteiger partial charge in [-0.2, -0.15) is 0 Å². The molecule has 2 aromatic heterocycles. The summed E-state index contributed by atoms with van der Waals surface area (Å²) in [4.78, 5) is 29.5. The van der Waals surface area contributed by atoms with Gasteiger partial charge in [0.1, 0.15) is 0 Å². The number of rotatable bonds is 2. The van der Waals surface area contributed by atoms with E-state index < -0.39 is 6.10 Å². The van der Waals surface area contributed by atoms with Gasteiger partial charge in [0, 0.05) is 42.1 Å². The van der Waals surface area contributed by atoms with Crippen LogP contribution in [0.2, 0.25) is 0 Å². The van der Waals surface area contributed by atoms with Crippen molar-refractivity contribution in [2.24, 2.45) is 0 Å². The maximum atomic E-state index is 12.6. The normalized spacial score (nSPS) is 23.7. The lowest BCUT2D eigenvalue weighted by molar-refractivity contribution is -0.134. The Kier molecular flexibility index (Phi) is 5.65. The number of β-amino-alcohol motifs (C(OH)–C–C–N with tert-alkyl or cyclic N) is 1. The first-order chi connectivity index (χ1) is 11.6. The van der Waals surface area contributed by atoms with Gasteiger partial charge in [0.25, 0.3) is 5.91 Å². The molecule has 2 N–H and O–H groups in total. The van der Waals surface area contributed by atoms with Crippen molar-refractivity contribution in [3.8, 4) is 0 Å². The highest BCUT2D eigenvalue weighted by atomic mass is 35.5. The predicted octanol–water partition coefficient (Wildman–Crippen LogP) is 1.39. The monoisotopic (exact) mass is 401 g/mol. The number of amides is 2. The highest BCUT2D eigenvalue weighted by Gasteiger charge is 2.33. The largest absolute Gasteiger partial charge is 0.392 e. The topological polar surface area (TPSA) is 72.9 Å². The summed E-state index contributed by atoms with van der Waals surface area (Å²) in [5.74, 6) is 0.0974. The molecule has 2 unspecified atom stereocenters. The van der Waals surface area contributed by atoms with Crippen LogP contribution in [-0.4, -0.2) is 71.6 Å². The lowest BCUT2D eigenvalue weighted by atomic mass is 10.1. The highest BCUT2D eigenvalue weighted by Crippen LogP contribution is 2.30. The number of thiophene rings is 2. The fourth-order valence-electron chi connectivity index (χ4n) is 3.28. The van der Waals surface area contributed by atoms with E-state index in [9.17, 15) is 14.7 Å². The third-order valence-corrected chi connectivity index (χ3v) is 6.72. The van der Waals surface area contributed by atoms with E-state index in [4.69, 9.17) is 0 Å². The molecule has 4 heterocycles. The number of carbonyl (C=O) groups is 2. The number of nitrogens with zero attached hydrogens (tertiary/aromatic N) is 2. The maximum Gasteiger partial charge on any atom is 0.264 e. The van der Waals surface area contributed by atoms with Gasteiger partial charge in [-0.1, -0.05) is 0 Å². The van der Waals surface area contributed by atoms with Gasteiger partial charge in [-0.05, 0) is 23.9 Å². The van der Waals surface area contributed by atoms with Crippen molar-refractivity contribution in [1.29, 1.82) is 0 Å². The third kappa shape index (κ3) is 3.68. The van der Waals surface area contributed by atoms with Crippen LogP contribution < -0.4 is 5.32 Å². The van der Waals surface area contributed by atoms with E-state index in [0.29, 0.717) is 39.1 Å². The Morgan fingerprint density at radius 2 is 1.88 bits per heavy atom. The quantitative estimate of drug-likeness (QED) is 0.797. The average molecular weight is 402 g/mol. The zero-order valence-corrected chi connectivity index (χ0v) is 16.0. The summed E-state index contributed by atoms with van der Waals surface area (Å²) < 4.78 is 2.31. The molecular formula is C16H20ClN3O3S2. The van der Waals surface area contributed by atoms with Crippen LogP contribution in [0.5, 0.6) is 0 Å². The van der Waals surface area contributed by atoms with Gasteiger partial charge >= 0.3 is 0 Å². The van der Waals surface area contributed by atoms with E-state index in [1.807, 2.05) is 22.4 Å². The van der Waals surface area contributed by atoms with Crippen LogP contribution in [0, 0.1) is 0 Å². The van der Waals surface area contributed by atoms with Crippen molar-refractivity contribution < 1.29 is 14.7 Å². The van der Waals surface area contributed by atoms with Gasteiger partial charge in [-0.3, -0.25) is 9.59 Å². The Labute approximate surface area is 159 Å². The fourth-order valence-corrected chi connectivity index (χ4v) is 5.36. The van der Waals surface area contributed by atoms with Gasteiger partial charge in [0.15, 0.2) is 0 Å². The number of carbonyl (C=O) groups excluding carboxylic acids is 2. The third-order valence-electron chi connectivity index (χ3n) is 4.63. The molecule has 2 atom stereocenters. The summed E-state index contributed by atoms with van der Waals surface area (Å²) in [6, 6.07) is 3.72. The molecule has 2 aliphatic rings. The van der Waals surface area contributed by atoms with E-state index in [1.54, 1.807) is 16.2 Å². The second-order valence-corrected chi connectivity index (χ2v) is 8.26. The second-order valence-electron chi connectivity index (χ2n) is 6.23. The van der Waals surface area contributed by atoms with E-state index in [-0.39, 0.29) is 30.3 Å². The Balaban J connectivity index is 0.00000182. The number of fused-ring (bicyclic) bond motifs is 1. The first kappa shape index (κ1) is 18.6. The number of piperazine rings is 1. The average Bonchev–Trinajstić information content (AvgIpc) is 3.29. The summed E-state index contributed by atoms with van der Waals surface area (Å²) in [6.45, 7) is 2.71. The molecule has 0 bridgehead atoms. The van der Waals surface area contributed by atoms with Crippen LogP contribution in [-0.2, 0) is 4.79 Å². The molecule has 9 heteroatoms. The molecular weight excluding hydrogens is 382 g/mol. The lowest BCUT2D eigenvalue weighted by Gasteiger charge is -2.35. The molecule has 4 rings (SSSR count). The zero-order chi connectivity index (χ0) is 16.7. The summed E-state index contributed by atoms with van der Waals surface area (Å²) in [5, 5.41) is 14.6. The second kappa shape index (κ2) is 7.59. The lowest BCUT2D eigenvalue weighted by Crippen LogP contribution is -2.54. The summed E-state index contributed by atoms with van der Waals surface area (Å²) in [5.41, 5.74) is 0. The molecule has 6 nitrogen and oxygen atoms in total. The smallest absolute Gasteiger partial charge is 0.264 e. The zero-order valence-electron chi connectivity index (χ0n) is 13.5. The van der Waals surface area contributed by atoms with E-state index in [1.165, 1.54) is 11.3 Å². The van der Waals surface area contributed by atoms with Gasteiger partial charge < -0.3 is 20.2 Å². The number of aliphatic hydroxyl groups is 1. The van der Waals surface area contributed by atoms with E-state index >= 15 is 0 Å². The van der Waals surface area contributed by atoms with Crippen LogP contribution in [0.4, 0.5) is 0 Å². The number of nitrogens with one attached hydrogen (secondary N) is 1. The predicted molar refractivity (Wildman–Crippen MR) is 102 cm³/mol. The standard InChI is InChI=1S/C16H19N3O3S2.ClH/c20-10-7-11(17-9-10)15(21)18-2-4-19(5-3-18)16(22)14-8-13-12(24-14)1-6-23-13;/h1,6,8,10-11,17,20H,2-5,7,9H2;1H. The van der Waals surface area contributed by atoms with Crippen molar-refractivity contribution in [3.63, 3.8) is 0 Å². The number of halogens is 1. The highest BCUT2D eigenvalue weighted by molar-refractivity contribution is 7.27. The molecule has 2 aromatic rings. The van der Waals surface area contributed by atoms with Crippen molar-refractivity contribution in [1.82, 2.24) is 15.1 Å². The molecule has 0 spiro atoms. The minimum absolute atomic E-state index is 0. The number of hydrogen-bond donors (Lipinski definition) is 2. The van der Waals surface area contributed by atoms with Gasteiger partial charge in [0.05, 0.1) is 17.0 Å². The Hall–Kier alpha value is -1.19. The van der Waals surface area contributed by atoms with Crippen molar-refractivity contribution in [2.75, 3.05) is 32.7 Å². The van der Waals surface area contributed by atoms with Crippen LogP contribution in [0.15, 0.2) is 17.5 Å². The molecule has 136 valence electrons. The molecule has 2 aliphatic heterocycles. The first-order valence-corrected chi connectivity index (χ1v) is 9.78. The molecule has 0 saturated carbocycles. The van der Waals surface area contributed by atoms with Gasteiger partial charge in [-0.25, -0.2) is 0 Å². The number of aliphatic hydroxyl groups excluding tert-OH is 1. The molecule has 0 aromatic carbocycles. The summed E-state index contributed by atoms with van der Waals surface area (Å²) in [6.07, 6.45) is 0.0405. The SMILES string of the molecule is Cl.O=C(c1cc2sccc2s1)N1CCN(C(=O)C2CC(O)CN2)CC1. The molecule has 25 heavy (non-hydrogen) atoms. The Morgan fingerprint density at radius 3 is 2.52 bits per heavy atom. The molecule has 2 saturated heterocycles. The van der Waals surface area contributed by atoms with Crippen molar-refractivity contribution in [3.05, 3.63) is 22.4 Å². The molecule has 0 radical (unpaired) electrons. The van der Waals surface area contributed by atoms with Gasteiger partial charge in [0.2, 0.25) is 5.91 Å². The van der Waals surface area contributed by atoms with Crippen molar-refractivity contribution in [2.45, 2.75) is 18.6 Å². The van der Waals surface area contributed by atoms with Crippen LogP contribution in [0.1, 0.15) is 16.1 Å². The maximum absolute atomic E-state index is 12.6. The Bertz CT molecular complexity index is 741. The fraction of sp³-hybridized carbons (Fsp3) is 0.500. The Morgan fingerprint density at radius 1 is 1.16 bits per heavy atom. The van der Waals surface area contributed by atoms with Gasteiger partial charge in [-0.15, -0.1) is 35.1 Å². The van der Waals surface area contributed by atoms with E-state index in [0.717, 1.165) is 14.3 Å². The molecule has 2 amide bonds. The van der Waals surface area contributed by atoms with Crippen LogP contribution in [0.3, 0.4) is 0 Å². The van der Waals surface area contributed by atoms with Crippen molar-refractivity contribution >= 4 is 56.3 Å². The molecule has 0 aliphatic carbocycles. The number of hydrogen-bond acceptors (Lipinski definition) is 6.